The molecule has 0 aliphatic carbocycles. The number of nitrogens with one attached hydrogen (secondary N) is 1. The fourth-order valence-electron chi connectivity index (χ4n) is 2.07. The van der Waals surface area contributed by atoms with Gasteiger partial charge in [0.05, 0.1) is 7.11 Å². The predicted octanol–water partition coefficient (Wildman–Crippen LogP) is 1.22. The first-order valence-electron chi connectivity index (χ1n) is 5.87. The van der Waals surface area contributed by atoms with Gasteiger partial charge in [0.1, 0.15) is 11.5 Å². The normalized spacial score (nSPS) is 19.4. The average Bonchev–Trinajstić information content (AvgIpc) is 2.37. The highest BCUT2D eigenvalue weighted by Crippen LogP contribution is 2.27. The Hall–Kier alpha value is -1.68. The van der Waals surface area contributed by atoms with Gasteiger partial charge in [0.2, 0.25) is 5.78 Å². The molecule has 112 valence electrons. The van der Waals surface area contributed by atoms with Crippen molar-refractivity contribution >= 4 is 40.0 Å². The third-order valence-electron chi connectivity index (χ3n) is 3.01. The molecule has 0 bridgehead atoms. The molecule has 1 atom stereocenters. The van der Waals surface area contributed by atoms with Crippen LogP contribution in [-0.2, 0) is 14.3 Å². The zero-order chi connectivity index (χ0) is 15.7. The zero-order valence-corrected chi connectivity index (χ0v) is 13.3. The third kappa shape index (κ3) is 2.86. The highest BCUT2D eigenvalue weighted by molar-refractivity contribution is 14.1. The molecule has 1 unspecified atom stereocenters. The van der Waals surface area contributed by atoms with E-state index in [1.54, 1.807) is 6.07 Å². The highest BCUT2D eigenvalue weighted by Gasteiger charge is 2.40. The van der Waals surface area contributed by atoms with Crippen LogP contribution in [0.3, 0.4) is 0 Å². The van der Waals surface area contributed by atoms with Crippen LogP contribution in [0.2, 0.25) is 0 Å². The standard InChI is InChI=1S/C13H12FIN2O4/c1-17-10(13(19)20)11(18)12(21-2)9(16-17)7-4-3-6(15)5-8(7)14/h3-5,10,16H,1-2H3,(H,19,20). The number of carboxylic acids is 1. The monoisotopic (exact) mass is 406 g/mol. The summed E-state index contributed by atoms with van der Waals surface area (Å²) >= 11 is 1.96. The lowest BCUT2D eigenvalue weighted by molar-refractivity contribution is -0.149. The van der Waals surface area contributed by atoms with Crippen LogP contribution in [0.25, 0.3) is 5.70 Å². The van der Waals surface area contributed by atoms with E-state index in [4.69, 9.17) is 9.84 Å². The van der Waals surface area contributed by atoms with E-state index >= 15 is 0 Å². The molecule has 0 fully saturated rings. The lowest BCUT2D eigenvalue weighted by atomic mass is 10.0. The first-order valence-corrected chi connectivity index (χ1v) is 6.95. The Morgan fingerprint density at radius 1 is 1.52 bits per heavy atom. The Balaban J connectivity index is 2.57. The Labute approximate surface area is 133 Å². The molecule has 21 heavy (non-hydrogen) atoms. The second-order valence-electron chi connectivity index (χ2n) is 4.36. The lowest BCUT2D eigenvalue weighted by Gasteiger charge is -2.32. The second-order valence-corrected chi connectivity index (χ2v) is 5.61. The molecule has 2 rings (SSSR count). The van der Waals surface area contributed by atoms with Crippen molar-refractivity contribution in [3.63, 3.8) is 0 Å². The van der Waals surface area contributed by atoms with Crippen LogP contribution in [-0.4, -0.2) is 42.1 Å². The van der Waals surface area contributed by atoms with Gasteiger partial charge >= 0.3 is 5.97 Å². The van der Waals surface area contributed by atoms with Gasteiger partial charge in [0.15, 0.2) is 11.8 Å². The summed E-state index contributed by atoms with van der Waals surface area (Å²) in [6, 6.07) is 3.07. The van der Waals surface area contributed by atoms with Gasteiger partial charge in [-0.05, 0) is 40.8 Å². The van der Waals surface area contributed by atoms with E-state index in [1.807, 2.05) is 22.6 Å². The van der Waals surface area contributed by atoms with Crippen molar-refractivity contribution in [2.24, 2.45) is 0 Å². The Morgan fingerprint density at radius 3 is 2.71 bits per heavy atom. The van der Waals surface area contributed by atoms with Gasteiger partial charge in [-0.25, -0.2) is 14.2 Å². The average molecular weight is 406 g/mol. The van der Waals surface area contributed by atoms with Gasteiger partial charge in [-0.1, -0.05) is 0 Å². The number of methoxy groups -OCH3 is 1. The molecular weight excluding hydrogens is 394 g/mol. The van der Waals surface area contributed by atoms with Crippen molar-refractivity contribution in [1.29, 1.82) is 0 Å². The molecule has 6 nitrogen and oxygen atoms in total. The van der Waals surface area contributed by atoms with Crippen molar-refractivity contribution in [3.8, 4) is 0 Å². The van der Waals surface area contributed by atoms with Crippen molar-refractivity contribution in [2.45, 2.75) is 6.04 Å². The number of halogens is 2. The van der Waals surface area contributed by atoms with Crippen molar-refractivity contribution in [2.75, 3.05) is 14.2 Å². The number of hydrogen-bond acceptors (Lipinski definition) is 5. The number of carbonyl (C=O) groups excluding carboxylic acids is 1. The van der Waals surface area contributed by atoms with Gasteiger partial charge in [-0.3, -0.25) is 4.79 Å². The second kappa shape index (κ2) is 5.98. The number of Topliss-reactive ketones (excluding diaryl/α,β-unsaturated/α-hetero) is 1. The summed E-state index contributed by atoms with van der Waals surface area (Å²) in [7, 11) is 2.64. The summed E-state index contributed by atoms with van der Waals surface area (Å²) in [4.78, 5) is 23.3. The Kier molecular flexibility index (Phi) is 4.47. The van der Waals surface area contributed by atoms with E-state index in [1.165, 1.54) is 26.3 Å². The van der Waals surface area contributed by atoms with Crippen LogP contribution >= 0.6 is 22.6 Å². The molecule has 0 radical (unpaired) electrons. The molecule has 1 heterocycles. The minimum absolute atomic E-state index is 0.108. The lowest BCUT2D eigenvalue weighted by Crippen LogP contribution is -2.55. The maximum atomic E-state index is 14.1. The van der Waals surface area contributed by atoms with Crippen LogP contribution in [0.5, 0.6) is 0 Å². The molecule has 0 saturated carbocycles. The minimum atomic E-state index is -1.42. The van der Waals surface area contributed by atoms with Crippen LogP contribution in [0, 0.1) is 9.39 Å². The fourth-order valence-corrected chi connectivity index (χ4v) is 2.52. The van der Waals surface area contributed by atoms with Gasteiger partial charge < -0.3 is 15.3 Å². The number of benzene rings is 1. The van der Waals surface area contributed by atoms with Crippen LogP contribution in [0.4, 0.5) is 4.39 Å². The summed E-state index contributed by atoms with van der Waals surface area (Å²) in [5, 5.41) is 10.2. The van der Waals surface area contributed by atoms with Crippen molar-refractivity contribution in [3.05, 3.63) is 38.9 Å². The van der Waals surface area contributed by atoms with Crippen molar-refractivity contribution < 1.29 is 23.8 Å². The van der Waals surface area contributed by atoms with Crippen LogP contribution in [0.1, 0.15) is 5.56 Å². The molecule has 0 amide bonds. The Bertz CT molecular complexity index is 647. The number of hydrogen-bond donors (Lipinski definition) is 2. The van der Waals surface area contributed by atoms with E-state index in [0.29, 0.717) is 3.57 Å². The summed E-state index contributed by atoms with van der Waals surface area (Å²) < 4.78 is 19.8. The molecule has 8 heteroatoms. The smallest absolute Gasteiger partial charge is 0.331 e. The number of aliphatic carboxylic acids is 1. The van der Waals surface area contributed by atoms with E-state index in [-0.39, 0.29) is 17.0 Å². The van der Waals surface area contributed by atoms with Crippen LogP contribution < -0.4 is 5.43 Å². The van der Waals surface area contributed by atoms with Gasteiger partial charge in [0.25, 0.3) is 0 Å². The first kappa shape index (κ1) is 15.7. The first-order chi connectivity index (χ1) is 9.86. The number of hydrazine groups is 1. The third-order valence-corrected chi connectivity index (χ3v) is 3.68. The summed E-state index contributed by atoms with van der Waals surface area (Å²) in [6.07, 6.45) is 0. The summed E-state index contributed by atoms with van der Waals surface area (Å²) in [5.41, 5.74) is 2.94. The van der Waals surface area contributed by atoms with Gasteiger partial charge in [0, 0.05) is 16.2 Å². The minimum Gasteiger partial charge on any atom is -0.491 e. The predicted molar refractivity (Wildman–Crippen MR) is 80.4 cm³/mol. The largest absolute Gasteiger partial charge is 0.491 e. The quantitative estimate of drug-likeness (QED) is 0.581. The van der Waals surface area contributed by atoms with Gasteiger partial charge in [-0.15, -0.1) is 0 Å². The fraction of sp³-hybridized carbons (Fsp3) is 0.231. The van der Waals surface area contributed by atoms with E-state index in [2.05, 4.69) is 5.43 Å². The molecule has 0 saturated heterocycles. The van der Waals surface area contributed by atoms with Crippen LogP contribution in [0.15, 0.2) is 24.0 Å². The zero-order valence-electron chi connectivity index (χ0n) is 11.2. The number of rotatable bonds is 3. The molecule has 1 aliphatic rings. The molecule has 0 spiro atoms. The molecule has 1 aliphatic heterocycles. The number of likely N-dealkylation sites (N-methyl/N-ethyl adjacent to an activating group) is 1. The molecule has 1 aromatic rings. The topological polar surface area (TPSA) is 78.9 Å². The highest BCUT2D eigenvalue weighted by atomic mass is 127. The summed E-state index contributed by atoms with van der Waals surface area (Å²) in [5.74, 6) is -2.79. The van der Waals surface area contributed by atoms with E-state index in [9.17, 15) is 14.0 Å². The Morgan fingerprint density at radius 2 is 2.19 bits per heavy atom. The molecule has 1 aromatic carbocycles. The molecular formula is C13H12FIN2O4. The maximum absolute atomic E-state index is 14.1. The number of ketones is 1. The van der Waals surface area contributed by atoms with E-state index < -0.39 is 23.6 Å². The number of nitrogens with zero attached hydrogens (tertiary/aromatic N) is 1. The SMILES string of the molecule is COC1=C(c2ccc(I)cc2F)NN(C)C(C(=O)O)C1=O. The van der Waals surface area contributed by atoms with E-state index in [0.717, 1.165) is 5.01 Å². The maximum Gasteiger partial charge on any atom is 0.331 e. The van der Waals surface area contributed by atoms with Gasteiger partial charge in [-0.2, -0.15) is 0 Å². The molecule has 0 aromatic heterocycles. The number of ether oxygens (including phenoxy) is 1. The number of carboxylic acid groups (broad SMARTS) is 1. The summed E-state index contributed by atoms with van der Waals surface area (Å²) in [6.45, 7) is 0. The number of carbonyl (C=O) groups is 2. The van der Waals surface area contributed by atoms with Crippen molar-refractivity contribution in [1.82, 2.24) is 10.4 Å². The molecule has 2 N–H and O–H groups in total.